The van der Waals surface area contributed by atoms with E-state index in [4.69, 9.17) is 0 Å². The first-order valence-corrected chi connectivity index (χ1v) is 3.99. The summed E-state index contributed by atoms with van der Waals surface area (Å²) in [5, 5.41) is 0. The maximum absolute atomic E-state index is 12.5. The Bertz CT molecular complexity index is 447. The van der Waals surface area contributed by atoms with Crippen LogP contribution in [0.15, 0.2) is 24.3 Å². The maximum atomic E-state index is 12.5. The van der Waals surface area contributed by atoms with E-state index >= 15 is 0 Å². The number of benzene rings is 1. The largest absolute Gasteiger partial charge is 0.413 e. The summed E-state index contributed by atoms with van der Waals surface area (Å²) in [6.07, 6.45) is -0.901. The van der Waals surface area contributed by atoms with Crippen LogP contribution in [0.3, 0.4) is 0 Å². The van der Waals surface area contributed by atoms with Gasteiger partial charge in [-0.3, -0.25) is 0 Å². The van der Waals surface area contributed by atoms with Crippen molar-refractivity contribution in [2.45, 2.75) is 13.0 Å². The lowest BCUT2D eigenvalue weighted by Gasteiger charge is -2.12. The molecule has 0 bridgehead atoms. The molecule has 0 saturated carbocycles. The molecule has 0 aliphatic rings. The quantitative estimate of drug-likeness (QED) is 0.734. The molecule has 1 heterocycles. The second kappa shape index (κ2) is 2.94. The second-order valence-electron chi connectivity index (χ2n) is 2.89. The van der Waals surface area contributed by atoms with Crippen molar-refractivity contribution in [1.29, 1.82) is 0 Å². The van der Waals surface area contributed by atoms with Gasteiger partial charge in [0.1, 0.15) is 5.52 Å². The highest BCUT2D eigenvalue weighted by molar-refractivity contribution is 5.74. The monoisotopic (exact) mass is 197 g/mol. The molecule has 0 atom stereocenters. The van der Waals surface area contributed by atoms with Gasteiger partial charge < -0.3 is 4.84 Å². The van der Waals surface area contributed by atoms with E-state index < -0.39 is 6.11 Å². The van der Waals surface area contributed by atoms with Crippen molar-refractivity contribution >= 4 is 11.0 Å². The molecule has 0 aliphatic heterocycles. The first-order chi connectivity index (χ1) is 6.56. The molecule has 0 unspecified atom stereocenters. The highest BCUT2D eigenvalue weighted by atomic mass is 19.3. The van der Waals surface area contributed by atoms with Crippen molar-refractivity contribution in [1.82, 2.24) is 9.71 Å². The molecule has 1 aromatic carbocycles. The lowest BCUT2D eigenvalue weighted by atomic mass is 10.3. The molecule has 1 radical (unpaired) electrons. The first kappa shape index (κ1) is 8.93. The Morgan fingerprint density at radius 2 is 2.14 bits per heavy atom. The lowest BCUT2D eigenvalue weighted by Crippen LogP contribution is -2.27. The Labute approximate surface area is 78.9 Å². The number of halogens is 2. The molecule has 0 saturated heterocycles. The minimum Gasteiger partial charge on any atom is -0.339 e. The van der Waals surface area contributed by atoms with Crippen LogP contribution in [0.5, 0.6) is 0 Å². The molecular weight excluding hydrogens is 190 g/mol. The summed E-state index contributed by atoms with van der Waals surface area (Å²) in [5.41, 5.74) is 1.03. The fourth-order valence-electron chi connectivity index (χ4n) is 1.11. The molecule has 2 rings (SSSR count). The molecule has 0 fully saturated rings. The van der Waals surface area contributed by atoms with Crippen molar-refractivity contribution in [3.05, 3.63) is 30.6 Å². The zero-order chi connectivity index (χ0) is 10.2. The lowest BCUT2D eigenvalue weighted by molar-refractivity contribution is -0.222. The second-order valence-corrected chi connectivity index (χ2v) is 2.89. The Hall–Kier alpha value is -1.65. The molecule has 0 spiro atoms. The Morgan fingerprint density at radius 1 is 1.43 bits per heavy atom. The van der Waals surface area contributed by atoms with Gasteiger partial charge in [-0.05, 0) is 12.1 Å². The van der Waals surface area contributed by atoms with E-state index in [-0.39, 0.29) is 0 Å². The Morgan fingerprint density at radius 3 is 2.86 bits per heavy atom. The number of hydrogen-bond acceptors (Lipinski definition) is 2. The van der Waals surface area contributed by atoms with Gasteiger partial charge in [-0.15, -0.1) is 0 Å². The maximum Gasteiger partial charge on any atom is 0.413 e. The van der Waals surface area contributed by atoms with E-state index in [2.05, 4.69) is 16.1 Å². The molecule has 14 heavy (non-hydrogen) atoms. The van der Waals surface area contributed by atoms with Gasteiger partial charge in [-0.1, -0.05) is 12.1 Å². The molecular formula is C9H7F2N2O. The van der Waals surface area contributed by atoms with Gasteiger partial charge in [0, 0.05) is 6.92 Å². The predicted octanol–water partition coefficient (Wildman–Crippen LogP) is 1.88. The van der Waals surface area contributed by atoms with E-state index in [1.54, 1.807) is 24.3 Å². The van der Waals surface area contributed by atoms with Crippen LogP contribution < -0.4 is 4.84 Å². The van der Waals surface area contributed by atoms with Crippen molar-refractivity contribution in [3.63, 3.8) is 0 Å². The molecule has 0 aliphatic carbocycles. The summed E-state index contributed by atoms with van der Waals surface area (Å²) in [4.78, 5) is 8.10. The number of aromatic nitrogens is 2. The summed E-state index contributed by atoms with van der Waals surface area (Å²) < 4.78 is 25.9. The number of hydrogen-bond donors (Lipinski definition) is 0. The molecule has 73 valence electrons. The van der Waals surface area contributed by atoms with E-state index in [9.17, 15) is 8.78 Å². The van der Waals surface area contributed by atoms with Gasteiger partial charge in [0.2, 0.25) is 6.33 Å². The smallest absolute Gasteiger partial charge is 0.339 e. The summed E-state index contributed by atoms with van der Waals surface area (Å²) in [5.74, 6) is 0. The average Bonchev–Trinajstić information content (AvgIpc) is 2.47. The predicted molar refractivity (Wildman–Crippen MR) is 45.8 cm³/mol. The molecule has 3 nitrogen and oxygen atoms in total. The molecule has 0 N–H and O–H groups in total. The van der Waals surface area contributed by atoms with Crippen LogP contribution in [-0.4, -0.2) is 15.8 Å². The molecule has 2 aromatic rings. The first-order valence-electron chi connectivity index (χ1n) is 3.99. The fraction of sp³-hybridized carbons (Fsp3) is 0.222. The molecule has 1 aromatic heterocycles. The van der Waals surface area contributed by atoms with Crippen molar-refractivity contribution < 1.29 is 13.6 Å². The normalized spacial score (nSPS) is 11.9. The van der Waals surface area contributed by atoms with Crippen molar-refractivity contribution in [2.24, 2.45) is 0 Å². The van der Waals surface area contributed by atoms with E-state index in [1.807, 2.05) is 0 Å². The highest BCUT2D eigenvalue weighted by Gasteiger charge is 2.24. The topological polar surface area (TPSA) is 27.1 Å². The zero-order valence-corrected chi connectivity index (χ0v) is 7.37. The van der Waals surface area contributed by atoms with E-state index in [0.717, 1.165) is 4.73 Å². The average molecular weight is 197 g/mol. The van der Waals surface area contributed by atoms with Gasteiger partial charge in [-0.25, -0.2) is 4.98 Å². The number of alkyl halides is 2. The third-order valence-electron chi connectivity index (χ3n) is 1.61. The zero-order valence-electron chi connectivity index (χ0n) is 7.37. The van der Waals surface area contributed by atoms with Crippen molar-refractivity contribution in [2.75, 3.05) is 0 Å². The van der Waals surface area contributed by atoms with E-state index in [1.165, 1.54) is 0 Å². The minimum absolute atomic E-state index is 0.467. The van der Waals surface area contributed by atoms with Gasteiger partial charge >= 0.3 is 6.11 Å². The molecule has 0 amide bonds. The number of para-hydroxylation sites is 2. The van der Waals surface area contributed by atoms with Crippen LogP contribution in [0.4, 0.5) is 8.78 Å². The summed E-state index contributed by atoms with van der Waals surface area (Å²) >= 11 is 0. The number of rotatable bonds is 2. The fourth-order valence-corrected chi connectivity index (χ4v) is 1.11. The van der Waals surface area contributed by atoms with Crippen LogP contribution >= 0.6 is 0 Å². The number of nitrogens with zero attached hydrogens (tertiary/aromatic N) is 2. The summed E-state index contributed by atoms with van der Waals surface area (Å²) in [6, 6.07) is 6.80. The SMILES string of the molecule is CC(F)(F)On1[c]nc2ccccc21. The van der Waals surface area contributed by atoms with Crippen LogP contribution in [0.25, 0.3) is 11.0 Å². The van der Waals surface area contributed by atoms with E-state index in [0.29, 0.717) is 18.0 Å². The highest BCUT2D eigenvalue weighted by Crippen LogP contribution is 2.15. The van der Waals surface area contributed by atoms with Gasteiger partial charge in [0.15, 0.2) is 0 Å². The summed E-state index contributed by atoms with van der Waals surface area (Å²) in [6.45, 7) is 0.662. The van der Waals surface area contributed by atoms with Crippen LogP contribution in [0.2, 0.25) is 0 Å². The Kier molecular flexibility index (Phi) is 1.87. The standard InChI is InChI=1S/C9H7F2N2O/c1-9(10,11)14-13-6-12-7-4-2-3-5-8(7)13/h2-5H,1H3. The number of imidazole rings is 1. The van der Waals surface area contributed by atoms with Crippen LogP contribution in [0, 0.1) is 6.33 Å². The Balaban J connectivity index is 2.44. The summed E-state index contributed by atoms with van der Waals surface area (Å²) in [7, 11) is 0. The van der Waals surface area contributed by atoms with Gasteiger partial charge in [-0.2, -0.15) is 13.5 Å². The van der Waals surface area contributed by atoms with Crippen molar-refractivity contribution in [3.8, 4) is 0 Å². The molecule has 5 heteroatoms. The van der Waals surface area contributed by atoms with Gasteiger partial charge in [0.25, 0.3) is 0 Å². The van der Waals surface area contributed by atoms with Gasteiger partial charge in [0.05, 0.1) is 5.52 Å². The van der Waals surface area contributed by atoms with Crippen LogP contribution in [0.1, 0.15) is 6.92 Å². The number of fused-ring (bicyclic) bond motifs is 1. The minimum atomic E-state index is -3.24. The third kappa shape index (κ3) is 1.66. The van der Waals surface area contributed by atoms with Crippen LogP contribution in [-0.2, 0) is 0 Å². The third-order valence-corrected chi connectivity index (χ3v) is 1.61.